The van der Waals surface area contributed by atoms with E-state index in [0.717, 1.165) is 12.1 Å². The number of rotatable bonds is 4. The third kappa shape index (κ3) is 3.75. The number of hydrogen-bond acceptors (Lipinski definition) is 2. The fourth-order valence-electron chi connectivity index (χ4n) is 1.93. The number of methoxy groups -OCH3 is 1. The molecule has 0 atom stereocenters. The van der Waals surface area contributed by atoms with E-state index in [9.17, 15) is 18.0 Å². The van der Waals surface area contributed by atoms with Gasteiger partial charge < -0.3 is 4.74 Å². The predicted molar refractivity (Wildman–Crippen MR) is 77.8 cm³/mol. The summed E-state index contributed by atoms with van der Waals surface area (Å²) in [7, 11) is 1.45. The van der Waals surface area contributed by atoms with Crippen LogP contribution in [0.2, 0.25) is 0 Å². The molecule has 2 nitrogen and oxygen atoms in total. The van der Waals surface area contributed by atoms with Crippen LogP contribution in [0.25, 0.3) is 6.08 Å². The molecule has 2 aromatic carbocycles. The van der Waals surface area contributed by atoms with Crippen molar-refractivity contribution in [1.29, 1.82) is 0 Å². The van der Waals surface area contributed by atoms with Crippen molar-refractivity contribution in [2.24, 2.45) is 0 Å². The molecule has 0 heterocycles. The number of halogens is 3. The van der Waals surface area contributed by atoms with Crippen LogP contribution in [0.15, 0.2) is 54.6 Å². The number of benzene rings is 2. The van der Waals surface area contributed by atoms with Gasteiger partial charge in [-0.15, -0.1) is 0 Å². The van der Waals surface area contributed by atoms with Gasteiger partial charge in [0.05, 0.1) is 18.2 Å². The number of ketones is 1. The Morgan fingerprint density at radius 2 is 1.82 bits per heavy atom. The number of allylic oxidation sites excluding steroid dienone is 1. The Morgan fingerprint density at radius 3 is 2.50 bits per heavy atom. The zero-order valence-electron chi connectivity index (χ0n) is 11.7. The van der Waals surface area contributed by atoms with Crippen LogP contribution in [-0.4, -0.2) is 12.9 Å². The molecule has 0 spiro atoms. The molecule has 0 fully saturated rings. The molecule has 0 amide bonds. The Kier molecular flexibility index (Phi) is 4.65. The first-order chi connectivity index (χ1) is 10.4. The quantitative estimate of drug-likeness (QED) is 0.609. The maximum absolute atomic E-state index is 12.6. The highest BCUT2D eigenvalue weighted by Gasteiger charge is 2.30. The van der Waals surface area contributed by atoms with Crippen molar-refractivity contribution >= 4 is 11.9 Å². The monoisotopic (exact) mass is 306 g/mol. The summed E-state index contributed by atoms with van der Waals surface area (Å²) in [6.45, 7) is 0. The lowest BCUT2D eigenvalue weighted by Gasteiger charge is -2.07. The summed E-state index contributed by atoms with van der Waals surface area (Å²) in [6.07, 6.45) is -1.83. The smallest absolute Gasteiger partial charge is 0.416 e. The highest BCUT2D eigenvalue weighted by atomic mass is 19.4. The van der Waals surface area contributed by atoms with Crippen molar-refractivity contribution in [3.63, 3.8) is 0 Å². The van der Waals surface area contributed by atoms with E-state index in [2.05, 4.69) is 0 Å². The van der Waals surface area contributed by atoms with E-state index >= 15 is 0 Å². The van der Waals surface area contributed by atoms with Gasteiger partial charge in [-0.2, -0.15) is 13.2 Å². The Bertz CT molecular complexity index is 703. The minimum atomic E-state index is -4.41. The van der Waals surface area contributed by atoms with Gasteiger partial charge in [0.15, 0.2) is 5.78 Å². The molecule has 0 aliphatic heterocycles. The number of carbonyl (C=O) groups excluding carboxylic acids is 1. The summed E-state index contributed by atoms with van der Waals surface area (Å²) in [6, 6.07) is 11.4. The number of hydrogen-bond donors (Lipinski definition) is 0. The molecule has 0 aliphatic carbocycles. The van der Waals surface area contributed by atoms with Crippen molar-refractivity contribution in [1.82, 2.24) is 0 Å². The summed E-state index contributed by atoms with van der Waals surface area (Å²) < 4.78 is 42.9. The van der Waals surface area contributed by atoms with Gasteiger partial charge >= 0.3 is 6.18 Å². The van der Waals surface area contributed by atoms with Crippen LogP contribution in [0.4, 0.5) is 13.2 Å². The highest BCUT2D eigenvalue weighted by Crippen LogP contribution is 2.29. The summed E-state index contributed by atoms with van der Waals surface area (Å²) in [4.78, 5) is 12.1. The van der Waals surface area contributed by atoms with Crippen LogP contribution in [-0.2, 0) is 6.18 Å². The number of carbonyl (C=O) groups is 1. The highest BCUT2D eigenvalue weighted by molar-refractivity contribution is 6.08. The maximum Gasteiger partial charge on any atom is 0.416 e. The minimum absolute atomic E-state index is 0.304. The van der Waals surface area contributed by atoms with Gasteiger partial charge in [0.1, 0.15) is 5.75 Å². The molecule has 0 bridgehead atoms. The molecular weight excluding hydrogens is 293 g/mol. The molecule has 5 heteroatoms. The van der Waals surface area contributed by atoms with Gasteiger partial charge in [-0.05, 0) is 35.9 Å². The third-order valence-electron chi connectivity index (χ3n) is 3.01. The second-order valence-electron chi connectivity index (χ2n) is 4.52. The Balaban J connectivity index is 2.23. The van der Waals surface area contributed by atoms with E-state index in [1.165, 1.54) is 31.4 Å². The topological polar surface area (TPSA) is 26.3 Å². The van der Waals surface area contributed by atoms with Crippen LogP contribution < -0.4 is 4.74 Å². The number of ether oxygens (including phenoxy) is 1. The molecule has 0 saturated carbocycles. The van der Waals surface area contributed by atoms with Crippen molar-refractivity contribution in [3.8, 4) is 5.75 Å². The van der Waals surface area contributed by atoms with Crippen molar-refractivity contribution < 1.29 is 22.7 Å². The largest absolute Gasteiger partial charge is 0.496 e. The molecule has 0 aromatic heterocycles. The summed E-state index contributed by atoms with van der Waals surface area (Å²) in [5.41, 5.74) is -0.0920. The number of para-hydroxylation sites is 1. The SMILES string of the molecule is COc1ccccc1C(=O)C=Cc1cccc(C(F)(F)F)c1. The van der Waals surface area contributed by atoms with Gasteiger partial charge in [0.25, 0.3) is 0 Å². The van der Waals surface area contributed by atoms with Crippen molar-refractivity contribution in [3.05, 3.63) is 71.3 Å². The van der Waals surface area contributed by atoms with Gasteiger partial charge in [-0.1, -0.05) is 30.3 Å². The van der Waals surface area contributed by atoms with Crippen LogP contribution in [0, 0.1) is 0 Å². The molecular formula is C17H13F3O2. The van der Waals surface area contributed by atoms with E-state index < -0.39 is 11.7 Å². The molecule has 0 radical (unpaired) electrons. The lowest BCUT2D eigenvalue weighted by Crippen LogP contribution is -2.04. The second kappa shape index (κ2) is 6.47. The first kappa shape index (κ1) is 15.8. The fraction of sp³-hybridized carbons (Fsp3) is 0.118. The second-order valence-corrected chi connectivity index (χ2v) is 4.52. The molecule has 114 valence electrons. The van der Waals surface area contributed by atoms with E-state index in [1.807, 2.05) is 0 Å². The first-order valence-electron chi connectivity index (χ1n) is 6.44. The Morgan fingerprint density at radius 1 is 1.09 bits per heavy atom. The summed E-state index contributed by atoms with van der Waals surface area (Å²) in [5.74, 6) is 0.0797. The molecule has 22 heavy (non-hydrogen) atoms. The molecule has 0 aliphatic rings. The van der Waals surface area contributed by atoms with Crippen molar-refractivity contribution in [2.45, 2.75) is 6.18 Å². The zero-order valence-corrected chi connectivity index (χ0v) is 11.7. The van der Waals surface area contributed by atoms with Gasteiger partial charge in [0.2, 0.25) is 0 Å². The summed E-state index contributed by atoms with van der Waals surface area (Å²) in [5, 5.41) is 0. The summed E-state index contributed by atoms with van der Waals surface area (Å²) >= 11 is 0. The van der Waals surface area contributed by atoms with Crippen LogP contribution in [0.5, 0.6) is 5.75 Å². The third-order valence-corrected chi connectivity index (χ3v) is 3.01. The van der Waals surface area contributed by atoms with E-state index in [4.69, 9.17) is 4.74 Å². The molecule has 0 unspecified atom stereocenters. The van der Waals surface area contributed by atoms with Gasteiger partial charge in [0, 0.05) is 0 Å². The van der Waals surface area contributed by atoms with Crippen LogP contribution in [0.3, 0.4) is 0 Å². The lowest BCUT2D eigenvalue weighted by atomic mass is 10.1. The average molecular weight is 306 g/mol. The Labute approximate surface area is 125 Å². The van der Waals surface area contributed by atoms with E-state index in [1.54, 1.807) is 24.3 Å². The molecule has 2 rings (SSSR count). The lowest BCUT2D eigenvalue weighted by molar-refractivity contribution is -0.137. The van der Waals surface area contributed by atoms with E-state index in [0.29, 0.717) is 16.9 Å². The number of alkyl halides is 3. The zero-order chi connectivity index (χ0) is 16.2. The van der Waals surface area contributed by atoms with Crippen molar-refractivity contribution in [2.75, 3.05) is 7.11 Å². The molecule has 2 aromatic rings. The average Bonchev–Trinajstić information content (AvgIpc) is 2.52. The standard InChI is InChI=1S/C17H13F3O2/c1-22-16-8-3-2-7-14(16)15(21)10-9-12-5-4-6-13(11-12)17(18,19)20/h2-11H,1H3. The fourth-order valence-corrected chi connectivity index (χ4v) is 1.93. The first-order valence-corrected chi connectivity index (χ1v) is 6.44. The maximum atomic E-state index is 12.6. The predicted octanol–water partition coefficient (Wildman–Crippen LogP) is 4.61. The Hall–Kier alpha value is -2.56. The molecule has 0 N–H and O–H groups in total. The minimum Gasteiger partial charge on any atom is -0.496 e. The molecule has 0 saturated heterocycles. The van der Waals surface area contributed by atoms with Crippen LogP contribution in [0.1, 0.15) is 21.5 Å². The van der Waals surface area contributed by atoms with Gasteiger partial charge in [-0.3, -0.25) is 4.79 Å². The normalized spacial score (nSPS) is 11.6. The van der Waals surface area contributed by atoms with Gasteiger partial charge in [-0.25, -0.2) is 0 Å². The van der Waals surface area contributed by atoms with Crippen LogP contribution >= 0.6 is 0 Å². The van der Waals surface area contributed by atoms with E-state index in [-0.39, 0.29) is 5.78 Å².